The summed E-state index contributed by atoms with van der Waals surface area (Å²) < 4.78 is 1.02. The summed E-state index contributed by atoms with van der Waals surface area (Å²) in [7, 11) is 0. The topological polar surface area (TPSA) is 82.5 Å². The van der Waals surface area contributed by atoms with E-state index in [1.54, 1.807) is 13.8 Å². The molecule has 1 heterocycles. The number of hydrogen-bond acceptors (Lipinski definition) is 5. The van der Waals surface area contributed by atoms with E-state index in [-0.39, 0.29) is 23.3 Å². The van der Waals surface area contributed by atoms with Gasteiger partial charge in [0.25, 0.3) is 5.56 Å². The van der Waals surface area contributed by atoms with E-state index in [1.807, 2.05) is 30.3 Å². The third-order valence-corrected chi connectivity index (χ3v) is 3.80. The molecule has 1 unspecified atom stereocenters. The van der Waals surface area contributed by atoms with Crippen LogP contribution in [0.5, 0.6) is 5.75 Å². The van der Waals surface area contributed by atoms with Gasteiger partial charge in [0, 0.05) is 5.70 Å². The second-order valence-corrected chi connectivity index (χ2v) is 5.98. The summed E-state index contributed by atoms with van der Waals surface area (Å²) in [6.45, 7) is 7.20. The highest BCUT2D eigenvalue weighted by molar-refractivity contribution is 6.31. The van der Waals surface area contributed by atoms with E-state index in [0.29, 0.717) is 12.1 Å². The zero-order chi connectivity index (χ0) is 19.1. The number of halogens is 1. The summed E-state index contributed by atoms with van der Waals surface area (Å²) in [6.07, 6.45) is 1.60. The Kier molecular flexibility index (Phi) is 6.94. The number of carbonyl (C=O) groups is 1. The van der Waals surface area contributed by atoms with Crippen molar-refractivity contribution in [2.45, 2.75) is 32.9 Å². The van der Waals surface area contributed by atoms with Gasteiger partial charge < -0.3 is 10.2 Å². The molecule has 26 heavy (non-hydrogen) atoms. The van der Waals surface area contributed by atoms with Crippen LogP contribution in [-0.2, 0) is 16.3 Å². The minimum Gasteiger partial charge on any atom is -0.334 e. The van der Waals surface area contributed by atoms with Gasteiger partial charge >= 0.3 is 0 Å². The predicted octanol–water partition coefficient (Wildman–Crippen LogP) is 3.01. The van der Waals surface area contributed by atoms with Crippen molar-refractivity contribution in [1.29, 1.82) is 0 Å². The first kappa shape index (κ1) is 19.7. The molecular formula is C18H20ClN3O4. The smallest absolute Gasteiger partial charge is 0.290 e. The monoisotopic (exact) mass is 377 g/mol. The van der Waals surface area contributed by atoms with Crippen LogP contribution in [0.25, 0.3) is 0 Å². The average molecular weight is 378 g/mol. The molecule has 0 bridgehead atoms. The van der Waals surface area contributed by atoms with E-state index in [1.165, 1.54) is 6.20 Å². The summed E-state index contributed by atoms with van der Waals surface area (Å²) in [5.41, 5.74) is 0.727. The van der Waals surface area contributed by atoms with Crippen LogP contribution in [0.15, 0.2) is 53.6 Å². The Morgan fingerprint density at radius 2 is 2.08 bits per heavy atom. The highest BCUT2D eigenvalue weighted by atomic mass is 35.5. The number of aromatic nitrogens is 2. The molecule has 0 radical (unpaired) electrons. The molecule has 1 aromatic carbocycles. The lowest BCUT2D eigenvalue weighted by atomic mass is 10.2. The SMILES string of the molecule is C=C(C)NC(=O)C(CC)n1ncc(OOCc2ccccc2)c(Cl)c1=O. The number of rotatable bonds is 8. The molecule has 138 valence electrons. The van der Waals surface area contributed by atoms with Crippen LogP contribution in [0.3, 0.4) is 0 Å². The zero-order valence-corrected chi connectivity index (χ0v) is 15.3. The van der Waals surface area contributed by atoms with Gasteiger partial charge in [-0.3, -0.25) is 9.59 Å². The standard InChI is InChI=1S/C18H20ClN3O4/c1-4-14(17(23)21-12(2)3)22-18(24)16(19)15(10-20-22)26-25-11-13-8-6-5-7-9-13/h5-10,14H,2,4,11H2,1,3H3,(H,21,23). The number of hydrogen-bond donors (Lipinski definition) is 1. The molecule has 0 aliphatic rings. The van der Waals surface area contributed by atoms with Gasteiger partial charge in [-0.1, -0.05) is 55.4 Å². The third kappa shape index (κ3) is 4.93. The van der Waals surface area contributed by atoms with E-state index in [0.717, 1.165) is 10.2 Å². The average Bonchev–Trinajstić information content (AvgIpc) is 2.61. The summed E-state index contributed by atoms with van der Waals surface area (Å²) >= 11 is 6.06. The van der Waals surface area contributed by atoms with Crippen LogP contribution >= 0.6 is 11.6 Å². The first-order valence-corrected chi connectivity index (χ1v) is 8.39. The van der Waals surface area contributed by atoms with Crippen molar-refractivity contribution in [3.05, 3.63) is 69.7 Å². The Bertz CT molecular complexity index is 836. The maximum Gasteiger partial charge on any atom is 0.290 e. The molecule has 1 amide bonds. The van der Waals surface area contributed by atoms with Crippen LogP contribution in [0.4, 0.5) is 0 Å². The van der Waals surface area contributed by atoms with Crippen molar-refractivity contribution >= 4 is 17.5 Å². The van der Waals surface area contributed by atoms with Crippen LogP contribution < -0.4 is 15.8 Å². The normalized spacial score (nSPS) is 11.7. The van der Waals surface area contributed by atoms with Crippen molar-refractivity contribution in [2.24, 2.45) is 0 Å². The van der Waals surface area contributed by atoms with Gasteiger partial charge in [-0.25, -0.2) is 4.68 Å². The second-order valence-electron chi connectivity index (χ2n) is 5.60. The Morgan fingerprint density at radius 3 is 2.69 bits per heavy atom. The predicted molar refractivity (Wildman–Crippen MR) is 97.7 cm³/mol. The molecule has 0 spiro atoms. The molecule has 7 nitrogen and oxygen atoms in total. The van der Waals surface area contributed by atoms with Crippen LogP contribution in [-0.4, -0.2) is 15.7 Å². The van der Waals surface area contributed by atoms with Gasteiger partial charge in [-0.2, -0.15) is 9.99 Å². The van der Waals surface area contributed by atoms with Gasteiger partial charge in [0.15, 0.2) is 5.02 Å². The van der Waals surface area contributed by atoms with Crippen molar-refractivity contribution in [2.75, 3.05) is 0 Å². The van der Waals surface area contributed by atoms with E-state index in [2.05, 4.69) is 17.0 Å². The number of carbonyl (C=O) groups excluding carboxylic acids is 1. The highest BCUT2D eigenvalue weighted by Crippen LogP contribution is 2.21. The summed E-state index contributed by atoms with van der Waals surface area (Å²) in [4.78, 5) is 34.8. The number of benzene rings is 1. The van der Waals surface area contributed by atoms with Crippen molar-refractivity contribution in [1.82, 2.24) is 15.1 Å². The molecular weight excluding hydrogens is 358 g/mol. The molecule has 0 aliphatic carbocycles. The lowest BCUT2D eigenvalue weighted by Gasteiger charge is -2.17. The minimum absolute atomic E-state index is 0.0148. The molecule has 1 atom stereocenters. The Balaban J connectivity index is 2.12. The van der Waals surface area contributed by atoms with Crippen molar-refractivity contribution < 1.29 is 14.6 Å². The van der Waals surface area contributed by atoms with E-state index >= 15 is 0 Å². The number of nitrogens with zero attached hydrogens (tertiary/aromatic N) is 2. The van der Waals surface area contributed by atoms with Crippen molar-refractivity contribution in [3.8, 4) is 5.75 Å². The maximum absolute atomic E-state index is 12.4. The fourth-order valence-corrected chi connectivity index (χ4v) is 2.37. The Labute approximate surface area is 156 Å². The molecule has 0 aliphatic heterocycles. The third-order valence-electron chi connectivity index (χ3n) is 3.45. The fraction of sp³-hybridized carbons (Fsp3) is 0.278. The molecule has 2 rings (SSSR count). The zero-order valence-electron chi connectivity index (χ0n) is 14.6. The first-order valence-electron chi connectivity index (χ1n) is 8.01. The van der Waals surface area contributed by atoms with Gasteiger partial charge in [0.1, 0.15) is 12.6 Å². The molecule has 8 heteroatoms. The van der Waals surface area contributed by atoms with E-state index in [4.69, 9.17) is 21.4 Å². The summed E-state index contributed by atoms with van der Waals surface area (Å²) in [6, 6.07) is 8.56. The summed E-state index contributed by atoms with van der Waals surface area (Å²) in [5.74, 6) is -0.404. The minimum atomic E-state index is -0.809. The largest absolute Gasteiger partial charge is 0.334 e. The molecule has 0 saturated carbocycles. The van der Waals surface area contributed by atoms with Gasteiger partial charge in [0.2, 0.25) is 11.7 Å². The van der Waals surface area contributed by atoms with Crippen LogP contribution in [0, 0.1) is 0 Å². The maximum atomic E-state index is 12.4. The van der Waals surface area contributed by atoms with Crippen LogP contribution in [0.1, 0.15) is 31.9 Å². The fourth-order valence-electron chi connectivity index (χ4n) is 2.21. The Hall–Kier alpha value is -2.64. The van der Waals surface area contributed by atoms with Gasteiger partial charge in [-0.05, 0) is 18.9 Å². The lowest BCUT2D eigenvalue weighted by Crippen LogP contribution is -2.37. The quantitative estimate of drug-likeness (QED) is 0.564. The van der Waals surface area contributed by atoms with Gasteiger partial charge in [0.05, 0.1) is 6.20 Å². The second kappa shape index (κ2) is 9.17. The van der Waals surface area contributed by atoms with E-state index < -0.39 is 11.6 Å². The lowest BCUT2D eigenvalue weighted by molar-refractivity contribution is -0.217. The Morgan fingerprint density at radius 1 is 1.38 bits per heavy atom. The van der Waals surface area contributed by atoms with Crippen molar-refractivity contribution in [3.63, 3.8) is 0 Å². The molecule has 0 fully saturated rings. The van der Waals surface area contributed by atoms with E-state index in [9.17, 15) is 9.59 Å². The number of amides is 1. The molecule has 0 saturated heterocycles. The molecule has 1 aromatic heterocycles. The summed E-state index contributed by atoms with van der Waals surface area (Å²) in [5, 5.41) is 6.35. The number of allylic oxidation sites excluding steroid dienone is 1. The highest BCUT2D eigenvalue weighted by Gasteiger charge is 2.23. The van der Waals surface area contributed by atoms with Crippen LogP contribution in [0.2, 0.25) is 5.02 Å². The van der Waals surface area contributed by atoms with Gasteiger partial charge in [-0.15, -0.1) is 0 Å². The molecule has 2 aromatic rings. The first-order chi connectivity index (χ1) is 12.4. The number of nitrogens with one attached hydrogen (secondary N) is 1. The molecule has 1 N–H and O–H groups in total.